The molecule has 2 heterocycles. The summed E-state index contributed by atoms with van der Waals surface area (Å²) in [6, 6.07) is 2.70. The second-order valence-corrected chi connectivity index (χ2v) is 8.43. The zero-order valence-corrected chi connectivity index (χ0v) is 18.5. The third-order valence-corrected chi connectivity index (χ3v) is 6.37. The molecule has 0 spiro atoms. The lowest BCUT2D eigenvalue weighted by Crippen LogP contribution is -2.35. The largest absolute Gasteiger partial charge is 0.493 e. The number of ether oxygens (including phenoxy) is 2. The molecule has 31 heavy (non-hydrogen) atoms. The van der Waals surface area contributed by atoms with Gasteiger partial charge in [-0.3, -0.25) is 24.6 Å². The van der Waals surface area contributed by atoms with E-state index in [4.69, 9.17) is 15.2 Å². The van der Waals surface area contributed by atoms with E-state index in [2.05, 4.69) is 24.1 Å². The Bertz CT molecular complexity index is 1050. The number of amides is 2. The Labute approximate surface area is 183 Å². The van der Waals surface area contributed by atoms with Gasteiger partial charge in [-0.05, 0) is 25.8 Å². The van der Waals surface area contributed by atoms with Gasteiger partial charge in [-0.2, -0.15) is 0 Å². The van der Waals surface area contributed by atoms with Crippen molar-refractivity contribution in [3.8, 4) is 11.5 Å². The highest BCUT2D eigenvalue weighted by Gasteiger charge is 2.30. The first kappa shape index (κ1) is 22.5. The Morgan fingerprint density at radius 3 is 2.45 bits per heavy atom. The number of hydrogen-bond donors (Lipinski definition) is 2. The molecule has 10 nitrogen and oxygen atoms in total. The number of primary amides is 1. The average Bonchev–Trinajstić information content (AvgIpc) is 3.09. The summed E-state index contributed by atoms with van der Waals surface area (Å²) in [4.78, 5) is 39.2. The minimum Gasteiger partial charge on any atom is -0.493 e. The summed E-state index contributed by atoms with van der Waals surface area (Å²) in [6.07, 6.45) is 0.634. The number of carbonyl (C=O) groups excluding carboxylic acids is 2. The zero-order valence-electron chi connectivity index (χ0n) is 17.7. The van der Waals surface area contributed by atoms with Crippen LogP contribution in [-0.2, 0) is 13.0 Å². The first-order valence-corrected chi connectivity index (χ1v) is 10.4. The van der Waals surface area contributed by atoms with Crippen LogP contribution in [0.5, 0.6) is 11.5 Å². The number of carbonyl (C=O) groups is 2. The molecule has 0 fully saturated rings. The summed E-state index contributed by atoms with van der Waals surface area (Å²) >= 11 is 1.27. The Hall–Kier alpha value is -3.18. The third-order valence-electron chi connectivity index (χ3n) is 5.23. The maximum absolute atomic E-state index is 13.0. The topological polar surface area (TPSA) is 137 Å². The summed E-state index contributed by atoms with van der Waals surface area (Å²) in [5.41, 5.74) is 6.04. The summed E-state index contributed by atoms with van der Waals surface area (Å²) < 4.78 is 10.3. The van der Waals surface area contributed by atoms with Gasteiger partial charge in [0.15, 0.2) is 11.5 Å². The Balaban J connectivity index is 2.01. The van der Waals surface area contributed by atoms with Gasteiger partial charge in [0, 0.05) is 30.1 Å². The van der Waals surface area contributed by atoms with Crippen LogP contribution in [0.4, 0.5) is 10.7 Å². The van der Waals surface area contributed by atoms with Crippen molar-refractivity contribution < 1.29 is 24.0 Å². The van der Waals surface area contributed by atoms with Gasteiger partial charge in [0.1, 0.15) is 10.6 Å². The van der Waals surface area contributed by atoms with E-state index in [1.54, 1.807) is 0 Å². The van der Waals surface area contributed by atoms with E-state index in [0.717, 1.165) is 23.1 Å². The van der Waals surface area contributed by atoms with Gasteiger partial charge in [-0.15, -0.1) is 11.3 Å². The van der Waals surface area contributed by atoms with Gasteiger partial charge in [-0.1, -0.05) is 0 Å². The molecule has 1 aliphatic rings. The van der Waals surface area contributed by atoms with Crippen LogP contribution in [0.3, 0.4) is 0 Å². The normalized spacial score (nSPS) is 13.6. The van der Waals surface area contributed by atoms with E-state index in [1.165, 1.54) is 31.6 Å². The molecular weight excluding hydrogens is 424 g/mol. The minimum absolute atomic E-state index is 0.129. The first-order chi connectivity index (χ1) is 14.7. The summed E-state index contributed by atoms with van der Waals surface area (Å²) in [6.45, 7) is 5.60. The van der Waals surface area contributed by atoms with Crippen LogP contribution in [0, 0.1) is 10.1 Å². The molecule has 0 unspecified atom stereocenters. The van der Waals surface area contributed by atoms with Crippen LogP contribution >= 0.6 is 11.3 Å². The number of hydrogen-bond acceptors (Lipinski definition) is 8. The fraction of sp³-hybridized carbons (Fsp3) is 0.400. The lowest BCUT2D eigenvalue weighted by atomic mass is 10.0. The van der Waals surface area contributed by atoms with Gasteiger partial charge in [0.05, 0.1) is 30.8 Å². The Kier molecular flexibility index (Phi) is 6.46. The first-order valence-electron chi connectivity index (χ1n) is 9.58. The molecular formula is C20H24N4O6S. The average molecular weight is 449 g/mol. The molecule has 0 radical (unpaired) electrons. The van der Waals surface area contributed by atoms with Crippen LogP contribution in [0.15, 0.2) is 12.1 Å². The number of nitro benzene ring substituents is 1. The van der Waals surface area contributed by atoms with Crippen LogP contribution < -0.4 is 20.5 Å². The van der Waals surface area contributed by atoms with Crippen molar-refractivity contribution in [3.63, 3.8) is 0 Å². The Morgan fingerprint density at radius 1 is 1.26 bits per heavy atom. The van der Waals surface area contributed by atoms with Gasteiger partial charge < -0.3 is 20.5 Å². The number of benzene rings is 1. The molecule has 1 aromatic carbocycles. The summed E-state index contributed by atoms with van der Waals surface area (Å²) in [7, 11) is 2.71. The zero-order chi connectivity index (χ0) is 22.9. The maximum atomic E-state index is 13.0. The number of nitrogens with zero attached hydrogens (tertiary/aromatic N) is 2. The third kappa shape index (κ3) is 4.32. The van der Waals surface area contributed by atoms with Crippen LogP contribution in [0.2, 0.25) is 0 Å². The second kappa shape index (κ2) is 8.90. The van der Waals surface area contributed by atoms with Gasteiger partial charge >= 0.3 is 0 Å². The number of thiophene rings is 1. The monoisotopic (exact) mass is 448 g/mol. The quantitative estimate of drug-likeness (QED) is 0.491. The van der Waals surface area contributed by atoms with Gasteiger partial charge in [0.2, 0.25) is 0 Å². The van der Waals surface area contributed by atoms with Crippen molar-refractivity contribution in [2.24, 2.45) is 5.73 Å². The van der Waals surface area contributed by atoms with Crippen molar-refractivity contribution in [1.29, 1.82) is 0 Å². The highest BCUT2D eigenvalue weighted by molar-refractivity contribution is 7.17. The molecule has 1 aromatic heterocycles. The molecule has 11 heteroatoms. The molecule has 1 aliphatic heterocycles. The molecule has 2 aromatic rings. The van der Waals surface area contributed by atoms with Gasteiger partial charge in [-0.25, -0.2) is 0 Å². The van der Waals surface area contributed by atoms with Crippen LogP contribution in [-0.4, -0.2) is 48.4 Å². The number of methoxy groups -OCH3 is 2. The molecule has 0 saturated heterocycles. The molecule has 0 atom stereocenters. The standard InChI is InChI=1S/C20H24N4O6S/c1-10(2)23-6-5-11-16(9-23)31-20(17(11)18(21)25)22-19(26)12-7-14(29-3)15(30-4)8-13(12)24(27)28/h7-8,10H,5-6,9H2,1-4H3,(H2,21,25)(H,22,26). The highest BCUT2D eigenvalue weighted by atomic mass is 32.1. The summed E-state index contributed by atoms with van der Waals surface area (Å²) in [5, 5.41) is 14.5. The number of rotatable bonds is 7. The SMILES string of the molecule is COc1cc(C(=O)Nc2sc3c(c2C(N)=O)CCN(C(C)C)C3)c([N+](=O)[O-])cc1OC. The molecule has 3 N–H and O–H groups in total. The van der Waals surface area contributed by atoms with E-state index in [-0.39, 0.29) is 27.6 Å². The smallest absolute Gasteiger partial charge is 0.286 e. The molecule has 0 bridgehead atoms. The number of nitro groups is 1. The Morgan fingerprint density at radius 2 is 1.90 bits per heavy atom. The predicted octanol–water partition coefficient (Wildman–Crippen LogP) is 2.79. The maximum Gasteiger partial charge on any atom is 0.286 e. The van der Waals surface area contributed by atoms with Crippen molar-refractivity contribution >= 4 is 33.8 Å². The lowest BCUT2D eigenvalue weighted by molar-refractivity contribution is -0.385. The number of nitrogens with one attached hydrogen (secondary N) is 1. The van der Waals surface area contributed by atoms with Crippen LogP contribution in [0.1, 0.15) is 45.0 Å². The van der Waals surface area contributed by atoms with Crippen molar-refractivity contribution in [2.75, 3.05) is 26.1 Å². The van der Waals surface area contributed by atoms with E-state index < -0.39 is 22.4 Å². The van der Waals surface area contributed by atoms with Crippen molar-refractivity contribution in [3.05, 3.63) is 43.8 Å². The fourth-order valence-electron chi connectivity index (χ4n) is 3.58. The molecule has 2 amide bonds. The number of fused-ring (bicyclic) bond motifs is 1. The number of nitrogens with two attached hydrogens (primary N) is 1. The second-order valence-electron chi connectivity index (χ2n) is 7.32. The van der Waals surface area contributed by atoms with E-state index in [0.29, 0.717) is 19.0 Å². The van der Waals surface area contributed by atoms with E-state index in [1.807, 2.05) is 0 Å². The lowest BCUT2D eigenvalue weighted by Gasteiger charge is -2.30. The van der Waals surface area contributed by atoms with E-state index in [9.17, 15) is 19.7 Å². The fourth-order valence-corrected chi connectivity index (χ4v) is 4.86. The summed E-state index contributed by atoms with van der Waals surface area (Å²) in [5.74, 6) is -1.09. The predicted molar refractivity (Wildman–Crippen MR) is 116 cm³/mol. The van der Waals surface area contributed by atoms with E-state index >= 15 is 0 Å². The van der Waals surface area contributed by atoms with Crippen molar-refractivity contribution in [1.82, 2.24) is 4.90 Å². The van der Waals surface area contributed by atoms with Crippen molar-refractivity contribution in [2.45, 2.75) is 32.9 Å². The highest BCUT2D eigenvalue weighted by Crippen LogP contribution is 2.39. The van der Waals surface area contributed by atoms with Crippen LogP contribution in [0.25, 0.3) is 0 Å². The molecule has 0 saturated carbocycles. The minimum atomic E-state index is -0.741. The van der Waals surface area contributed by atoms with Gasteiger partial charge in [0.25, 0.3) is 17.5 Å². The number of anilines is 1. The molecule has 3 rings (SSSR count). The molecule has 166 valence electrons. The molecule has 0 aliphatic carbocycles.